The summed E-state index contributed by atoms with van der Waals surface area (Å²) in [4.78, 5) is 33.3. The van der Waals surface area contributed by atoms with Crippen molar-refractivity contribution in [2.75, 3.05) is 44.4 Å². The molecule has 0 unspecified atom stereocenters. The number of hydrogen-bond donors (Lipinski definition) is 0. The van der Waals surface area contributed by atoms with Gasteiger partial charge in [0.05, 0.1) is 36.9 Å². The fourth-order valence-corrected chi connectivity index (χ4v) is 3.65. The molecule has 0 saturated carbocycles. The van der Waals surface area contributed by atoms with Gasteiger partial charge in [0.2, 0.25) is 5.91 Å². The third-order valence-corrected chi connectivity index (χ3v) is 5.03. The molecule has 8 heteroatoms. The van der Waals surface area contributed by atoms with Crippen molar-refractivity contribution < 1.29 is 19.1 Å². The van der Waals surface area contributed by atoms with Crippen molar-refractivity contribution >= 4 is 34.7 Å². The molecular formula is C19H20ClN3O4. The molecule has 142 valence electrons. The van der Waals surface area contributed by atoms with Crippen LogP contribution < -0.4 is 9.64 Å². The first-order valence-corrected chi connectivity index (χ1v) is 9.35. The highest BCUT2D eigenvalue weighted by Gasteiger charge is 2.28. The fourth-order valence-electron chi connectivity index (χ4n) is 3.43. The first-order valence-electron chi connectivity index (χ1n) is 8.97. The summed E-state index contributed by atoms with van der Waals surface area (Å²) in [5, 5.41) is 0.479. The zero-order valence-electron chi connectivity index (χ0n) is 14.8. The summed E-state index contributed by atoms with van der Waals surface area (Å²) >= 11 is 6.17. The fraction of sp³-hybridized carbons (Fsp3) is 0.421. The maximum absolute atomic E-state index is 12.9. The van der Waals surface area contributed by atoms with Crippen LogP contribution in [0, 0.1) is 0 Å². The van der Waals surface area contributed by atoms with Crippen LogP contribution in [0.3, 0.4) is 0 Å². The normalized spacial score (nSPS) is 19.8. The number of hydrogen-bond acceptors (Lipinski definition) is 6. The van der Waals surface area contributed by atoms with E-state index in [2.05, 4.69) is 4.99 Å². The second-order valence-electron chi connectivity index (χ2n) is 6.58. The van der Waals surface area contributed by atoms with Gasteiger partial charge < -0.3 is 19.3 Å². The van der Waals surface area contributed by atoms with Crippen molar-refractivity contribution in [1.29, 1.82) is 0 Å². The molecule has 0 spiro atoms. The SMILES string of the molecule is O=C1C=C(N2CCOCC2)N=C(CC(=O)N2CCOc3c(Cl)cccc32)C1. The summed E-state index contributed by atoms with van der Waals surface area (Å²) in [5.41, 5.74) is 1.24. The van der Waals surface area contributed by atoms with Crippen molar-refractivity contribution in [3.8, 4) is 5.75 Å². The highest BCUT2D eigenvalue weighted by molar-refractivity contribution is 6.32. The quantitative estimate of drug-likeness (QED) is 0.791. The van der Waals surface area contributed by atoms with E-state index in [0.29, 0.717) is 67.4 Å². The van der Waals surface area contributed by atoms with Crippen molar-refractivity contribution in [2.45, 2.75) is 12.8 Å². The number of morpholine rings is 1. The first-order chi connectivity index (χ1) is 13.1. The number of carbonyl (C=O) groups excluding carboxylic acids is 2. The zero-order valence-corrected chi connectivity index (χ0v) is 15.6. The van der Waals surface area contributed by atoms with Gasteiger partial charge in [-0.15, -0.1) is 0 Å². The average molecular weight is 390 g/mol. The van der Waals surface area contributed by atoms with E-state index in [4.69, 9.17) is 21.1 Å². The molecule has 7 nitrogen and oxygen atoms in total. The van der Waals surface area contributed by atoms with Gasteiger partial charge in [-0.25, -0.2) is 4.99 Å². The number of ether oxygens (including phenoxy) is 2. The minimum Gasteiger partial charge on any atom is -0.488 e. The summed E-state index contributed by atoms with van der Waals surface area (Å²) in [6, 6.07) is 5.33. The second kappa shape index (κ2) is 7.70. The number of allylic oxidation sites excluding steroid dienone is 1. The molecule has 0 bridgehead atoms. The minimum absolute atomic E-state index is 0.0280. The number of amides is 1. The van der Waals surface area contributed by atoms with Gasteiger partial charge in [0.15, 0.2) is 11.5 Å². The number of para-hydroxylation sites is 1. The Morgan fingerprint density at radius 3 is 2.81 bits per heavy atom. The molecule has 0 N–H and O–H groups in total. The number of rotatable bonds is 3. The number of aliphatic imine (C=N–C) groups is 1. The average Bonchev–Trinajstić information content (AvgIpc) is 2.68. The third-order valence-electron chi connectivity index (χ3n) is 4.73. The van der Waals surface area contributed by atoms with E-state index in [1.807, 2.05) is 11.0 Å². The standard InChI is InChI=1S/C19H20ClN3O4/c20-15-2-1-3-16-19(15)27-9-6-23(16)18(25)11-13-10-14(24)12-17(21-13)22-4-7-26-8-5-22/h1-3,12H,4-11H2. The summed E-state index contributed by atoms with van der Waals surface area (Å²) in [5.74, 6) is 1.01. The highest BCUT2D eigenvalue weighted by atomic mass is 35.5. The smallest absolute Gasteiger partial charge is 0.232 e. The molecule has 0 radical (unpaired) electrons. The van der Waals surface area contributed by atoms with Crippen LogP contribution in [0.25, 0.3) is 0 Å². The van der Waals surface area contributed by atoms with Gasteiger partial charge in [-0.3, -0.25) is 9.59 Å². The number of halogens is 1. The van der Waals surface area contributed by atoms with E-state index in [9.17, 15) is 9.59 Å². The van der Waals surface area contributed by atoms with E-state index in [1.54, 1.807) is 23.1 Å². The van der Waals surface area contributed by atoms with E-state index in [1.165, 1.54) is 0 Å². The van der Waals surface area contributed by atoms with Crippen LogP contribution in [-0.2, 0) is 14.3 Å². The predicted octanol–water partition coefficient (Wildman–Crippen LogP) is 2.04. The third kappa shape index (κ3) is 3.84. The number of ketones is 1. The Balaban J connectivity index is 1.51. The molecular weight excluding hydrogens is 370 g/mol. The topological polar surface area (TPSA) is 71.4 Å². The molecule has 1 saturated heterocycles. The van der Waals surface area contributed by atoms with Crippen molar-refractivity contribution in [3.63, 3.8) is 0 Å². The number of fused-ring (bicyclic) bond motifs is 1. The molecule has 4 rings (SSSR count). The van der Waals surface area contributed by atoms with E-state index >= 15 is 0 Å². The number of carbonyl (C=O) groups is 2. The molecule has 0 aromatic heterocycles. The lowest BCUT2D eigenvalue weighted by atomic mass is 10.1. The predicted molar refractivity (Wildman–Crippen MR) is 101 cm³/mol. The molecule has 0 atom stereocenters. The van der Waals surface area contributed by atoms with Crippen molar-refractivity contribution in [1.82, 2.24) is 4.90 Å². The van der Waals surface area contributed by atoms with Gasteiger partial charge in [-0.1, -0.05) is 17.7 Å². The molecule has 1 aromatic rings. The van der Waals surface area contributed by atoms with Crippen LogP contribution in [0.15, 0.2) is 35.1 Å². The Morgan fingerprint density at radius 1 is 1.19 bits per heavy atom. The van der Waals surface area contributed by atoms with Crippen LogP contribution in [-0.4, -0.2) is 61.8 Å². The van der Waals surface area contributed by atoms with Gasteiger partial charge in [0.25, 0.3) is 0 Å². The number of benzene rings is 1. The van der Waals surface area contributed by atoms with Crippen LogP contribution in [0.5, 0.6) is 5.75 Å². The summed E-state index contributed by atoms with van der Waals surface area (Å²) in [6.07, 6.45) is 1.83. The van der Waals surface area contributed by atoms with Gasteiger partial charge in [0, 0.05) is 31.3 Å². The number of anilines is 1. The Labute approximate surface area is 162 Å². The van der Waals surface area contributed by atoms with Gasteiger partial charge in [-0.05, 0) is 12.1 Å². The first kappa shape index (κ1) is 18.0. The van der Waals surface area contributed by atoms with Crippen LogP contribution >= 0.6 is 11.6 Å². The monoisotopic (exact) mass is 389 g/mol. The van der Waals surface area contributed by atoms with E-state index in [-0.39, 0.29) is 24.5 Å². The Kier molecular flexibility index (Phi) is 5.13. The van der Waals surface area contributed by atoms with Gasteiger partial charge in [0.1, 0.15) is 12.4 Å². The lowest BCUT2D eigenvalue weighted by molar-refractivity contribution is -0.117. The van der Waals surface area contributed by atoms with Crippen molar-refractivity contribution in [2.24, 2.45) is 4.99 Å². The maximum Gasteiger partial charge on any atom is 0.232 e. The molecule has 1 aromatic carbocycles. The molecule has 27 heavy (non-hydrogen) atoms. The molecule has 3 aliphatic rings. The molecule has 0 aliphatic carbocycles. The summed E-state index contributed by atoms with van der Waals surface area (Å²) in [7, 11) is 0. The lowest BCUT2D eigenvalue weighted by Gasteiger charge is -2.31. The van der Waals surface area contributed by atoms with Crippen LogP contribution in [0.1, 0.15) is 12.8 Å². The largest absolute Gasteiger partial charge is 0.488 e. The minimum atomic E-state index is -0.114. The molecule has 3 aliphatic heterocycles. The highest BCUT2D eigenvalue weighted by Crippen LogP contribution is 2.38. The summed E-state index contributed by atoms with van der Waals surface area (Å²) < 4.78 is 10.9. The van der Waals surface area contributed by atoms with Gasteiger partial charge in [-0.2, -0.15) is 0 Å². The molecule has 3 heterocycles. The lowest BCUT2D eigenvalue weighted by Crippen LogP contribution is -2.40. The second-order valence-corrected chi connectivity index (χ2v) is 6.99. The Morgan fingerprint density at radius 2 is 2.00 bits per heavy atom. The maximum atomic E-state index is 12.9. The van der Waals surface area contributed by atoms with Crippen molar-refractivity contribution in [3.05, 3.63) is 35.1 Å². The molecule has 1 amide bonds. The summed E-state index contributed by atoms with van der Waals surface area (Å²) in [6.45, 7) is 3.44. The Bertz CT molecular complexity index is 830. The van der Waals surface area contributed by atoms with Crippen LogP contribution in [0.4, 0.5) is 5.69 Å². The van der Waals surface area contributed by atoms with Crippen LogP contribution in [0.2, 0.25) is 5.02 Å². The number of nitrogens with zero attached hydrogens (tertiary/aromatic N) is 3. The Hall–Kier alpha value is -2.38. The van der Waals surface area contributed by atoms with Gasteiger partial charge >= 0.3 is 0 Å². The molecule has 1 fully saturated rings. The zero-order chi connectivity index (χ0) is 18.8. The van der Waals surface area contributed by atoms with E-state index < -0.39 is 0 Å². The van der Waals surface area contributed by atoms with E-state index in [0.717, 1.165) is 0 Å².